The highest BCUT2D eigenvalue weighted by Gasteiger charge is 2.25. The molecule has 100 valence electrons. The second-order valence-electron chi connectivity index (χ2n) is 5.92. The molecule has 1 saturated heterocycles. The Balaban J connectivity index is 1.85. The average Bonchev–Trinajstić information content (AvgIpc) is 2.80. The summed E-state index contributed by atoms with van der Waals surface area (Å²) in [5.74, 6) is 0.279. The van der Waals surface area contributed by atoms with Crippen LogP contribution < -0.4 is 4.90 Å². The summed E-state index contributed by atoms with van der Waals surface area (Å²) in [6.45, 7) is 9.74. The smallest absolute Gasteiger partial charge is 0.223 e. The molecule has 1 aromatic rings. The zero-order chi connectivity index (χ0) is 13.2. The average molecular weight is 267 g/mol. The maximum atomic E-state index is 12.1. The van der Waals surface area contributed by atoms with E-state index >= 15 is 0 Å². The van der Waals surface area contributed by atoms with Crippen molar-refractivity contribution >= 4 is 22.4 Å². The van der Waals surface area contributed by atoms with Crippen molar-refractivity contribution in [3.8, 4) is 0 Å². The Bertz CT molecular complexity index is 389. The van der Waals surface area contributed by atoms with E-state index < -0.39 is 0 Å². The summed E-state index contributed by atoms with van der Waals surface area (Å²) in [4.78, 5) is 20.6. The lowest BCUT2D eigenvalue weighted by Crippen LogP contribution is -2.49. The Hall–Kier alpha value is -1.10. The maximum absolute atomic E-state index is 12.1. The summed E-state index contributed by atoms with van der Waals surface area (Å²) < 4.78 is 0. The number of carbonyl (C=O) groups is 1. The van der Waals surface area contributed by atoms with Gasteiger partial charge in [-0.1, -0.05) is 20.8 Å². The zero-order valence-corrected chi connectivity index (χ0v) is 12.2. The van der Waals surface area contributed by atoms with Gasteiger partial charge in [0, 0.05) is 44.2 Å². The second-order valence-corrected chi connectivity index (χ2v) is 6.79. The number of rotatable bonds is 2. The van der Waals surface area contributed by atoms with Crippen molar-refractivity contribution in [2.24, 2.45) is 5.41 Å². The fraction of sp³-hybridized carbons (Fsp3) is 0.692. The summed E-state index contributed by atoms with van der Waals surface area (Å²) >= 11 is 1.66. The van der Waals surface area contributed by atoms with Gasteiger partial charge in [0.1, 0.15) is 0 Å². The molecule has 0 unspecified atom stereocenters. The van der Waals surface area contributed by atoms with Gasteiger partial charge in [-0.05, 0) is 5.41 Å². The lowest BCUT2D eigenvalue weighted by Gasteiger charge is -2.35. The molecule has 2 rings (SSSR count). The Morgan fingerprint density at radius 3 is 2.50 bits per heavy atom. The van der Waals surface area contributed by atoms with Gasteiger partial charge in [-0.15, -0.1) is 11.3 Å². The molecule has 18 heavy (non-hydrogen) atoms. The predicted molar refractivity (Wildman–Crippen MR) is 75.0 cm³/mol. The Morgan fingerprint density at radius 2 is 2.00 bits per heavy atom. The maximum Gasteiger partial charge on any atom is 0.223 e. The number of carbonyl (C=O) groups excluding carboxylic acids is 1. The van der Waals surface area contributed by atoms with Crippen molar-refractivity contribution in [1.29, 1.82) is 0 Å². The van der Waals surface area contributed by atoms with Gasteiger partial charge in [-0.25, -0.2) is 4.98 Å². The number of thiazole rings is 1. The normalized spacial score (nSPS) is 17.1. The number of aromatic nitrogens is 1. The number of anilines is 1. The van der Waals surface area contributed by atoms with Crippen LogP contribution in [0.3, 0.4) is 0 Å². The monoisotopic (exact) mass is 267 g/mol. The van der Waals surface area contributed by atoms with Crippen molar-refractivity contribution in [2.75, 3.05) is 31.1 Å². The minimum absolute atomic E-state index is 0.0729. The molecule has 0 bridgehead atoms. The molecule has 1 fully saturated rings. The molecule has 0 N–H and O–H groups in total. The third-order valence-corrected chi connectivity index (χ3v) is 3.84. The van der Waals surface area contributed by atoms with E-state index in [2.05, 4.69) is 30.7 Å². The van der Waals surface area contributed by atoms with E-state index in [-0.39, 0.29) is 11.3 Å². The van der Waals surface area contributed by atoms with Crippen LogP contribution in [0, 0.1) is 5.41 Å². The van der Waals surface area contributed by atoms with Gasteiger partial charge in [0.05, 0.1) is 0 Å². The van der Waals surface area contributed by atoms with Gasteiger partial charge in [0.2, 0.25) is 5.91 Å². The minimum Gasteiger partial charge on any atom is -0.345 e. The molecule has 5 heteroatoms. The molecule has 0 saturated carbocycles. The van der Waals surface area contributed by atoms with Crippen LogP contribution in [-0.2, 0) is 4.79 Å². The Kier molecular flexibility index (Phi) is 3.90. The molecule has 1 amide bonds. The van der Waals surface area contributed by atoms with Crippen molar-refractivity contribution < 1.29 is 4.79 Å². The number of piperazine rings is 1. The van der Waals surface area contributed by atoms with E-state index in [9.17, 15) is 4.79 Å². The van der Waals surface area contributed by atoms with Crippen LogP contribution in [0.25, 0.3) is 0 Å². The van der Waals surface area contributed by atoms with Crippen LogP contribution in [0.4, 0.5) is 5.13 Å². The molecule has 0 atom stereocenters. The number of hydrogen-bond acceptors (Lipinski definition) is 4. The molecule has 1 aromatic heterocycles. The van der Waals surface area contributed by atoms with E-state index in [1.807, 2.05) is 16.5 Å². The van der Waals surface area contributed by atoms with E-state index in [1.165, 1.54) is 0 Å². The third kappa shape index (κ3) is 3.45. The van der Waals surface area contributed by atoms with Crippen LogP contribution in [0.2, 0.25) is 0 Å². The first-order valence-electron chi connectivity index (χ1n) is 6.38. The van der Waals surface area contributed by atoms with Gasteiger partial charge in [-0.2, -0.15) is 0 Å². The van der Waals surface area contributed by atoms with Crippen LogP contribution in [0.5, 0.6) is 0 Å². The topological polar surface area (TPSA) is 36.4 Å². The van der Waals surface area contributed by atoms with Gasteiger partial charge in [-0.3, -0.25) is 4.79 Å². The van der Waals surface area contributed by atoms with Crippen molar-refractivity contribution in [2.45, 2.75) is 27.2 Å². The molecule has 1 aliphatic rings. The molecule has 4 nitrogen and oxygen atoms in total. The predicted octanol–water partition coefficient (Wildman–Crippen LogP) is 2.23. The van der Waals surface area contributed by atoms with Crippen molar-refractivity contribution in [1.82, 2.24) is 9.88 Å². The summed E-state index contributed by atoms with van der Waals surface area (Å²) in [7, 11) is 0. The summed E-state index contributed by atoms with van der Waals surface area (Å²) in [6.07, 6.45) is 2.46. The van der Waals surface area contributed by atoms with Crippen molar-refractivity contribution in [3.05, 3.63) is 11.6 Å². The van der Waals surface area contributed by atoms with Crippen LogP contribution in [-0.4, -0.2) is 42.0 Å². The SMILES string of the molecule is CC(C)(C)CC(=O)N1CCN(c2nccs2)CC1. The van der Waals surface area contributed by atoms with E-state index in [1.54, 1.807) is 11.3 Å². The molecule has 0 aromatic carbocycles. The Morgan fingerprint density at radius 1 is 1.33 bits per heavy atom. The number of amides is 1. The molecule has 0 spiro atoms. The fourth-order valence-electron chi connectivity index (χ4n) is 2.08. The molecule has 2 heterocycles. The van der Waals surface area contributed by atoms with Gasteiger partial charge in [0.15, 0.2) is 5.13 Å². The first-order valence-corrected chi connectivity index (χ1v) is 7.26. The molecular weight excluding hydrogens is 246 g/mol. The Labute approximate surface area is 113 Å². The van der Waals surface area contributed by atoms with Crippen LogP contribution >= 0.6 is 11.3 Å². The molecule has 1 aliphatic heterocycles. The highest BCUT2D eigenvalue weighted by molar-refractivity contribution is 7.13. The quantitative estimate of drug-likeness (QED) is 0.824. The summed E-state index contributed by atoms with van der Waals surface area (Å²) in [6, 6.07) is 0. The van der Waals surface area contributed by atoms with Crippen LogP contribution in [0.1, 0.15) is 27.2 Å². The highest BCUT2D eigenvalue weighted by atomic mass is 32.1. The fourth-order valence-corrected chi connectivity index (χ4v) is 2.78. The summed E-state index contributed by atoms with van der Waals surface area (Å²) in [5, 5.41) is 3.06. The van der Waals surface area contributed by atoms with E-state index in [0.29, 0.717) is 6.42 Å². The first kappa shape index (κ1) is 13.3. The standard InChI is InChI=1S/C13H21N3OS/c1-13(2,3)10-11(17)15-5-7-16(8-6-15)12-14-4-9-18-12/h4,9H,5-8,10H2,1-3H3. The number of nitrogens with zero attached hydrogens (tertiary/aromatic N) is 3. The zero-order valence-electron chi connectivity index (χ0n) is 11.3. The molecule has 0 radical (unpaired) electrons. The van der Waals surface area contributed by atoms with Gasteiger partial charge >= 0.3 is 0 Å². The first-order chi connectivity index (χ1) is 8.46. The molecule has 0 aliphatic carbocycles. The van der Waals surface area contributed by atoms with Crippen LogP contribution in [0.15, 0.2) is 11.6 Å². The lowest BCUT2D eigenvalue weighted by molar-refractivity contribution is -0.133. The van der Waals surface area contributed by atoms with Gasteiger partial charge in [0.25, 0.3) is 0 Å². The van der Waals surface area contributed by atoms with Crippen molar-refractivity contribution in [3.63, 3.8) is 0 Å². The highest BCUT2D eigenvalue weighted by Crippen LogP contribution is 2.22. The van der Waals surface area contributed by atoms with E-state index in [0.717, 1.165) is 31.3 Å². The molecular formula is C13H21N3OS. The van der Waals surface area contributed by atoms with Gasteiger partial charge < -0.3 is 9.80 Å². The van der Waals surface area contributed by atoms with E-state index in [4.69, 9.17) is 0 Å². The minimum atomic E-state index is 0.0729. The summed E-state index contributed by atoms with van der Waals surface area (Å²) in [5.41, 5.74) is 0.0729. The number of hydrogen-bond donors (Lipinski definition) is 0. The lowest BCUT2D eigenvalue weighted by atomic mass is 9.91. The largest absolute Gasteiger partial charge is 0.345 e. The third-order valence-electron chi connectivity index (χ3n) is 3.00. The second kappa shape index (κ2) is 5.26.